The molecule has 1 fully saturated rings. The molecule has 6 nitrogen and oxygen atoms in total. The molecule has 1 saturated heterocycles. The van der Waals surface area contributed by atoms with Crippen molar-refractivity contribution in [3.63, 3.8) is 0 Å². The third-order valence-corrected chi connectivity index (χ3v) is 5.46. The van der Waals surface area contributed by atoms with Gasteiger partial charge in [0.1, 0.15) is 6.10 Å². The van der Waals surface area contributed by atoms with Crippen molar-refractivity contribution in [3.8, 4) is 0 Å². The third-order valence-electron chi connectivity index (χ3n) is 4.94. The lowest BCUT2D eigenvalue weighted by Gasteiger charge is -2.25. The Morgan fingerprint density at radius 3 is 2.56 bits per heavy atom. The van der Waals surface area contributed by atoms with Gasteiger partial charge in [-0.1, -0.05) is 46.1 Å². The first kappa shape index (κ1) is 16.7. The van der Waals surface area contributed by atoms with Crippen LogP contribution in [-0.4, -0.2) is 38.9 Å². The molecule has 0 aliphatic carbocycles. The van der Waals surface area contributed by atoms with Crippen LogP contribution in [0, 0.1) is 0 Å². The van der Waals surface area contributed by atoms with E-state index in [4.69, 9.17) is 4.74 Å². The van der Waals surface area contributed by atoms with Gasteiger partial charge in [-0.3, -0.25) is 4.79 Å². The molecule has 0 saturated carbocycles. The van der Waals surface area contributed by atoms with E-state index in [0.29, 0.717) is 18.8 Å². The fraction of sp³-hybridized carbons (Fsp3) is 0.500. The standard InChI is InChI=1S/C18H21BrN4O2/c19-14-7-5-13(6-8-14)16-11-23-15(12-25-16)17(20-21-23)18(24)22-9-3-1-2-4-10-22/h5-8,16H,1-4,9-12H2. The molecule has 0 radical (unpaired) electrons. The average Bonchev–Trinajstić information content (AvgIpc) is 2.86. The summed E-state index contributed by atoms with van der Waals surface area (Å²) < 4.78 is 8.87. The second-order valence-electron chi connectivity index (χ2n) is 6.62. The van der Waals surface area contributed by atoms with Crippen LogP contribution in [0.1, 0.15) is 53.5 Å². The number of carbonyl (C=O) groups excluding carboxylic acids is 1. The van der Waals surface area contributed by atoms with Gasteiger partial charge in [-0.2, -0.15) is 0 Å². The van der Waals surface area contributed by atoms with Crippen molar-refractivity contribution < 1.29 is 9.53 Å². The molecule has 7 heteroatoms. The molecular weight excluding hydrogens is 384 g/mol. The summed E-state index contributed by atoms with van der Waals surface area (Å²) in [6.07, 6.45) is 4.46. The molecule has 2 aliphatic rings. The Labute approximate surface area is 155 Å². The summed E-state index contributed by atoms with van der Waals surface area (Å²) >= 11 is 3.45. The highest BCUT2D eigenvalue weighted by atomic mass is 79.9. The predicted molar refractivity (Wildman–Crippen MR) is 96.1 cm³/mol. The van der Waals surface area contributed by atoms with E-state index in [2.05, 4.69) is 26.2 Å². The number of nitrogens with zero attached hydrogens (tertiary/aromatic N) is 4. The summed E-state index contributed by atoms with van der Waals surface area (Å²) in [5, 5.41) is 8.40. The van der Waals surface area contributed by atoms with E-state index < -0.39 is 0 Å². The molecule has 132 valence electrons. The van der Waals surface area contributed by atoms with Gasteiger partial charge in [0.15, 0.2) is 5.69 Å². The number of benzene rings is 1. The summed E-state index contributed by atoms with van der Waals surface area (Å²) in [4.78, 5) is 14.7. The Kier molecular flexibility index (Phi) is 4.85. The fourth-order valence-corrected chi connectivity index (χ4v) is 3.74. The Bertz CT molecular complexity index is 751. The molecule has 2 aliphatic heterocycles. The predicted octanol–water partition coefficient (Wildman–Crippen LogP) is 3.33. The zero-order valence-corrected chi connectivity index (χ0v) is 15.6. The SMILES string of the molecule is O=C(c1nnn2c1COC(c1ccc(Br)cc1)C2)N1CCCCCC1. The van der Waals surface area contributed by atoms with Gasteiger partial charge < -0.3 is 9.64 Å². The first-order valence-corrected chi connectivity index (χ1v) is 9.60. The molecule has 1 aromatic carbocycles. The van der Waals surface area contributed by atoms with Crippen LogP contribution in [0.5, 0.6) is 0 Å². The van der Waals surface area contributed by atoms with Gasteiger partial charge in [-0.25, -0.2) is 4.68 Å². The van der Waals surface area contributed by atoms with Gasteiger partial charge in [0, 0.05) is 17.6 Å². The molecule has 25 heavy (non-hydrogen) atoms. The lowest BCUT2D eigenvalue weighted by Crippen LogP contribution is -2.33. The van der Waals surface area contributed by atoms with Crippen molar-refractivity contribution in [1.29, 1.82) is 0 Å². The molecule has 4 rings (SSSR count). The van der Waals surface area contributed by atoms with Gasteiger partial charge >= 0.3 is 0 Å². The first-order chi connectivity index (χ1) is 12.2. The minimum atomic E-state index is -0.0663. The Morgan fingerprint density at radius 2 is 1.84 bits per heavy atom. The molecule has 1 unspecified atom stereocenters. The van der Waals surface area contributed by atoms with Crippen LogP contribution < -0.4 is 0 Å². The zero-order chi connectivity index (χ0) is 17.2. The molecule has 1 amide bonds. The van der Waals surface area contributed by atoms with Crippen LogP contribution in [0.25, 0.3) is 0 Å². The van der Waals surface area contributed by atoms with Gasteiger partial charge in [-0.15, -0.1) is 5.10 Å². The summed E-state index contributed by atoms with van der Waals surface area (Å²) in [6, 6.07) is 8.09. The molecule has 0 spiro atoms. The maximum absolute atomic E-state index is 12.8. The third kappa shape index (κ3) is 3.48. The monoisotopic (exact) mass is 404 g/mol. The van der Waals surface area contributed by atoms with Crippen molar-refractivity contribution in [2.75, 3.05) is 13.1 Å². The molecule has 0 bridgehead atoms. The van der Waals surface area contributed by atoms with E-state index in [1.165, 1.54) is 12.8 Å². The lowest BCUT2D eigenvalue weighted by molar-refractivity contribution is -0.00195. The Morgan fingerprint density at radius 1 is 1.12 bits per heavy atom. The van der Waals surface area contributed by atoms with E-state index in [9.17, 15) is 4.79 Å². The summed E-state index contributed by atoms with van der Waals surface area (Å²) in [5.74, 6) is -0.00570. The van der Waals surface area contributed by atoms with Gasteiger partial charge in [-0.05, 0) is 30.5 Å². The molecule has 1 aromatic heterocycles. The van der Waals surface area contributed by atoms with Crippen LogP contribution in [0.15, 0.2) is 28.7 Å². The van der Waals surface area contributed by atoms with E-state index in [1.54, 1.807) is 0 Å². The number of halogens is 1. The van der Waals surface area contributed by atoms with Crippen LogP contribution in [-0.2, 0) is 17.9 Å². The van der Waals surface area contributed by atoms with E-state index >= 15 is 0 Å². The zero-order valence-electron chi connectivity index (χ0n) is 14.0. The van der Waals surface area contributed by atoms with Crippen molar-refractivity contribution >= 4 is 21.8 Å². The van der Waals surface area contributed by atoms with Crippen LogP contribution in [0.3, 0.4) is 0 Å². The number of hydrogen-bond donors (Lipinski definition) is 0. The number of ether oxygens (including phenoxy) is 1. The smallest absolute Gasteiger partial charge is 0.276 e. The molecular formula is C18H21BrN4O2. The Hall–Kier alpha value is -1.73. The van der Waals surface area contributed by atoms with Gasteiger partial charge in [0.05, 0.1) is 18.8 Å². The highest BCUT2D eigenvalue weighted by molar-refractivity contribution is 9.10. The maximum atomic E-state index is 12.8. The highest BCUT2D eigenvalue weighted by Crippen LogP contribution is 2.28. The minimum Gasteiger partial charge on any atom is -0.365 e. The van der Waals surface area contributed by atoms with Crippen molar-refractivity contribution in [2.24, 2.45) is 0 Å². The maximum Gasteiger partial charge on any atom is 0.276 e. The van der Waals surface area contributed by atoms with Crippen LogP contribution in [0.2, 0.25) is 0 Å². The second-order valence-corrected chi connectivity index (χ2v) is 7.54. The van der Waals surface area contributed by atoms with Gasteiger partial charge in [0.2, 0.25) is 0 Å². The van der Waals surface area contributed by atoms with Crippen LogP contribution in [0.4, 0.5) is 0 Å². The topological polar surface area (TPSA) is 60.3 Å². The highest BCUT2D eigenvalue weighted by Gasteiger charge is 2.30. The van der Waals surface area contributed by atoms with E-state index in [1.807, 2.05) is 33.8 Å². The van der Waals surface area contributed by atoms with E-state index in [0.717, 1.165) is 41.7 Å². The molecule has 2 aromatic rings. The van der Waals surface area contributed by atoms with Crippen LogP contribution >= 0.6 is 15.9 Å². The van der Waals surface area contributed by atoms with Crippen molar-refractivity contribution in [2.45, 2.75) is 44.9 Å². The number of likely N-dealkylation sites (tertiary alicyclic amines) is 1. The number of hydrogen-bond acceptors (Lipinski definition) is 4. The van der Waals surface area contributed by atoms with Gasteiger partial charge in [0.25, 0.3) is 5.91 Å². The minimum absolute atomic E-state index is 0.00570. The quantitative estimate of drug-likeness (QED) is 0.769. The summed E-state index contributed by atoms with van der Waals surface area (Å²) in [7, 11) is 0. The second kappa shape index (κ2) is 7.25. The Balaban J connectivity index is 1.51. The number of rotatable bonds is 2. The molecule has 0 N–H and O–H groups in total. The average molecular weight is 405 g/mol. The summed E-state index contributed by atoms with van der Waals surface area (Å²) in [5.41, 5.74) is 2.35. The fourth-order valence-electron chi connectivity index (χ4n) is 3.48. The molecule has 3 heterocycles. The molecule has 1 atom stereocenters. The number of aromatic nitrogens is 3. The summed E-state index contributed by atoms with van der Waals surface area (Å²) in [6.45, 7) is 2.57. The lowest BCUT2D eigenvalue weighted by atomic mass is 10.1. The van der Waals surface area contributed by atoms with Crippen molar-refractivity contribution in [3.05, 3.63) is 45.7 Å². The number of amides is 1. The number of carbonyl (C=O) groups is 1. The largest absolute Gasteiger partial charge is 0.365 e. The normalized spacial score (nSPS) is 20.8. The van der Waals surface area contributed by atoms with Crippen molar-refractivity contribution in [1.82, 2.24) is 19.9 Å². The number of fused-ring (bicyclic) bond motifs is 1. The first-order valence-electron chi connectivity index (χ1n) is 8.81. The van der Waals surface area contributed by atoms with E-state index in [-0.39, 0.29) is 12.0 Å².